The molecule has 1 atom stereocenters. The Kier molecular flexibility index (Phi) is 12.5. The van der Waals surface area contributed by atoms with Crippen LogP contribution in [0.1, 0.15) is 37.7 Å². The number of hydrogen-bond donors (Lipinski definition) is 5. The Morgan fingerprint density at radius 2 is 1.71 bits per heavy atom. The lowest BCUT2D eigenvalue weighted by molar-refractivity contribution is -0.151. The van der Waals surface area contributed by atoms with Gasteiger partial charge in [0.25, 0.3) is 5.91 Å². The van der Waals surface area contributed by atoms with E-state index >= 15 is 0 Å². The van der Waals surface area contributed by atoms with Crippen LogP contribution in [-0.4, -0.2) is 104 Å². The number of guanidine groups is 1. The van der Waals surface area contributed by atoms with Crippen molar-refractivity contribution in [2.75, 3.05) is 52.4 Å². The van der Waals surface area contributed by atoms with Crippen LogP contribution < -0.4 is 27.4 Å². The van der Waals surface area contributed by atoms with Crippen LogP contribution in [0.2, 0.25) is 0 Å². The van der Waals surface area contributed by atoms with Crippen molar-refractivity contribution in [3.8, 4) is 0 Å². The molecule has 0 unspecified atom stereocenters. The Labute approximate surface area is 240 Å². The number of hydrogen-bond acceptors (Lipinski definition) is 7. The normalized spacial score (nSPS) is 16.7. The van der Waals surface area contributed by atoms with Gasteiger partial charge in [-0.3, -0.25) is 29.0 Å². The summed E-state index contributed by atoms with van der Waals surface area (Å²) in [6.07, 6.45) is 3.95. The first-order chi connectivity index (χ1) is 19.7. The highest BCUT2D eigenvalue weighted by atomic mass is 16.2. The van der Waals surface area contributed by atoms with E-state index in [-0.39, 0.29) is 56.9 Å². The van der Waals surface area contributed by atoms with Gasteiger partial charge in [0.05, 0.1) is 12.6 Å². The molecule has 2 aliphatic rings. The molecule has 0 aliphatic carbocycles. The summed E-state index contributed by atoms with van der Waals surface area (Å²) >= 11 is 0. The highest BCUT2D eigenvalue weighted by Gasteiger charge is 2.33. The number of piperazine rings is 1. The van der Waals surface area contributed by atoms with Gasteiger partial charge in [-0.15, -0.1) is 0 Å². The Balaban J connectivity index is 1.51. The van der Waals surface area contributed by atoms with Crippen molar-refractivity contribution in [3.05, 3.63) is 35.9 Å². The van der Waals surface area contributed by atoms with Crippen molar-refractivity contribution in [2.24, 2.45) is 22.4 Å². The molecule has 2 aliphatic heterocycles. The van der Waals surface area contributed by atoms with E-state index in [0.29, 0.717) is 25.3 Å². The van der Waals surface area contributed by atoms with E-state index in [9.17, 15) is 24.0 Å². The van der Waals surface area contributed by atoms with E-state index in [4.69, 9.17) is 11.5 Å². The maximum atomic E-state index is 12.9. The first-order valence-corrected chi connectivity index (χ1v) is 14.2. The minimum absolute atomic E-state index is 0.0816. The third-order valence-corrected chi connectivity index (χ3v) is 7.32. The zero-order chi connectivity index (χ0) is 29.6. The zero-order valence-electron chi connectivity index (χ0n) is 23.5. The average Bonchev–Trinajstić information content (AvgIpc) is 2.96. The summed E-state index contributed by atoms with van der Waals surface area (Å²) < 4.78 is 0. The molecule has 7 N–H and O–H groups in total. The second-order valence-corrected chi connectivity index (χ2v) is 10.5. The van der Waals surface area contributed by atoms with Crippen molar-refractivity contribution in [1.82, 2.24) is 25.8 Å². The summed E-state index contributed by atoms with van der Waals surface area (Å²) in [5, 5.41) is 8.49. The van der Waals surface area contributed by atoms with Crippen molar-refractivity contribution in [2.45, 2.75) is 44.6 Å². The van der Waals surface area contributed by atoms with Crippen molar-refractivity contribution < 1.29 is 24.0 Å². The number of benzene rings is 1. The number of amides is 4. The molecule has 2 fully saturated rings. The number of rotatable bonds is 15. The SMILES string of the molecule is NC(N)=NCCC[C@H](NC(=O)CN1CC(=O)N(CCC2CCNCC2)CC1=O)C(=O)C(=O)NCCc1ccccc1. The molecule has 0 radical (unpaired) electrons. The zero-order valence-corrected chi connectivity index (χ0v) is 23.5. The van der Waals surface area contributed by atoms with E-state index in [2.05, 4.69) is 20.9 Å². The lowest BCUT2D eigenvalue weighted by atomic mass is 9.94. The summed E-state index contributed by atoms with van der Waals surface area (Å²) in [4.78, 5) is 70.5. The summed E-state index contributed by atoms with van der Waals surface area (Å²) in [6, 6.07) is 8.37. The second kappa shape index (κ2) is 16.3. The van der Waals surface area contributed by atoms with Gasteiger partial charge in [-0.05, 0) is 63.1 Å². The fourth-order valence-corrected chi connectivity index (χ4v) is 4.96. The van der Waals surface area contributed by atoms with E-state index in [1.165, 1.54) is 4.90 Å². The topological polar surface area (TPSA) is 192 Å². The van der Waals surface area contributed by atoms with E-state index in [1.807, 2.05) is 30.3 Å². The Bertz CT molecular complexity index is 1090. The number of carbonyl (C=O) groups excluding carboxylic acids is 5. The Morgan fingerprint density at radius 1 is 1.02 bits per heavy atom. The molecule has 13 heteroatoms. The number of nitrogens with zero attached hydrogens (tertiary/aromatic N) is 3. The molecule has 0 bridgehead atoms. The number of ketones is 1. The standard InChI is InChI=1S/C28H42N8O5/c29-28(30)33-12-4-7-22(26(40)27(41)32-15-10-20-5-2-1-3-6-20)34-23(37)17-36-19-24(38)35(18-25(36)39)16-11-21-8-13-31-14-9-21/h1-3,5-6,21-22,31H,4,7-19H2,(H,32,41)(H,34,37)(H4,29,30,33)/t22-/m0/s1. The fraction of sp³-hybridized carbons (Fsp3) is 0.571. The lowest BCUT2D eigenvalue weighted by Gasteiger charge is -2.35. The van der Waals surface area contributed by atoms with Crippen LogP contribution in [0, 0.1) is 5.92 Å². The largest absolute Gasteiger partial charge is 0.370 e. The number of Topliss-reactive ketones (excluding diaryl/α,β-unsaturated/α-hetero) is 1. The van der Waals surface area contributed by atoms with Crippen LogP contribution in [0.15, 0.2) is 35.3 Å². The number of nitrogens with two attached hydrogens (primary N) is 2. The summed E-state index contributed by atoms with van der Waals surface area (Å²) in [6.45, 7) is 2.23. The first-order valence-electron chi connectivity index (χ1n) is 14.2. The van der Waals surface area contributed by atoms with E-state index in [1.54, 1.807) is 4.90 Å². The van der Waals surface area contributed by atoms with Crippen LogP contribution in [-0.2, 0) is 30.4 Å². The van der Waals surface area contributed by atoms with Crippen LogP contribution in [0.5, 0.6) is 0 Å². The van der Waals surface area contributed by atoms with Gasteiger partial charge in [0.1, 0.15) is 13.1 Å². The Hall–Kier alpha value is -4.00. The highest BCUT2D eigenvalue weighted by molar-refractivity contribution is 6.38. The van der Waals surface area contributed by atoms with Crippen LogP contribution in [0.3, 0.4) is 0 Å². The van der Waals surface area contributed by atoms with Crippen LogP contribution >= 0.6 is 0 Å². The predicted octanol–water partition coefficient (Wildman–Crippen LogP) is -1.49. The molecular weight excluding hydrogens is 528 g/mol. The molecule has 4 amide bonds. The molecular formula is C28H42N8O5. The molecule has 41 heavy (non-hydrogen) atoms. The monoisotopic (exact) mass is 570 g/mol. The summed E-state index contributed by atoms with van der Waals surface area (Å²) in [5.41, 5.74) is 11.7. The molecule has 1 aromatic rings. The minimum Gasteiger partial charge on any atom is -0.370 e. The number of piperidine rings is 1. The molecule has 224 valence electrons. The van der Waals surface area contributed by atoms with Gasteiger partial charge in [0.15, 0.2) is 5.96 Å². The van der Waals surface area contributed by atoms with Gasteiger partial charge in [-0.1, -0.05) is 30.3 Å². The highest BCUT2D eigenvalue weighted by Crippen LogP contribution is 2.17. The van der Waals surface area contributed by atoms with Crippen molar-refractivity contribution in [3.63, 3.8) is 0 Å². The molecule has 1 aromatic carbocycles. The average molecular weight is 571 g/mol. The number of aliphatic imine (C=N–C) groups is 1. The lowest BCUT2D eigenvalue weighted by Crippen LogP contribution is -2.57. The maximum absolute atomic E-state index is 12.9. The minimum atomic E-state index is -1.13. The quantitative estimate of drug-likeness (QED) is 0.0729. The number of carbonyl (C=O) groups is 5. The van der Waals surface area contributed by atoms with E-state index in [0.717, 1.165) is 37.9 Å². The van der Waals surface area contributed by atoms with Crippen molar-refractivity contribution in [1.29, 1.82) is 0 Å². The third-order valence-electron chi connectivity index (χ3n) is 7.32. The van der Waals surface area contributed by atoms with E-state index < -0.39 is 23.6 Å². The van der Waals surface area contributed by atoms with Gasteiger partial charge in [-0.2, -0.15) is 0 Å². The molecule has 3 rings (SSSR count). The molecule has 0 spiro atoms. The summed E-state index contributed by atoms with van der Waals surface area (Å²) in [5.74, 6) is -2.38. The van der Waals surface area contributed by atoms with Gasteiger partial charge >= 0.3 is 0 Å². The number of nitrogens with one attached hydrogen (secondary N) is 3. The fourth-order valence-electron chi connectivity index (χ4n) is 4.96. The predicted molar refractivity (Wildman–Crippen MR) is 153 cm³/mol. The van der Waals surface area contributed by atoms with Crippen LogP contribution in [0.4, 0.5) is 0 Å². The molecule has 0 saturated carbocycles. The molecule has 0 aromatic heterocycles. The second-order valence-electron chi connectivity index (χ2n) is 10.5. The maximum Gasteiger partial charge on any atom is 0.289 e. The van der Waals surface area contributed by atoms with Gasteiger partial charge < -0.3 is 37.2 Å². The Morgan fingerprint density at radius 3 is 2.41 bits per heavy atom. The molecule has 13 nitrogen and oxygen atoms in total. The van der Waals surface area contributed by atoms with Crippen LogP contribution in [0.25, 0.3) is 0 Å². The first kappa shape index (κ1) is 31.5. The van der Waals surface area contributed by atoms with Gasteiger partial charge in [0.2, 0.25) is 23.5 Å². The summed E-state index contributed by atoms with van der Waals surface area (Å²) in [7, 11) is 0. The molecule has 2 saturated heterocycles. The third kappa shape index (κ3) is 10.8. The smallest absolute Gasteiger partial charge is 0.289 e. The molecule has 2 heterocycles. The van der Waals surface area contributed by atoms with Gasteiger partial charge in [0, 0.05) is 19.6 Å². The van der Waals surface area contributed by atoms with Crippen molar-refractivity contribution >= 4 is 35.4 Å². The van der Waals surface area contributed by atoms with Gasteiger partial charge in [-0.25, -0.2) is 0 Å².